The normalized spacial score (nSPS) is 24.6. The van der Waals surface area contributed by atoms with Crippen molar-refractivity contribution >= 4 is 30.9 Å². The van der Waals surface area contributed by atoms with E-state index in [0.29, 0.717) is 24.1 Å². The van der Waals surface area contributed by atoms with E-state index in [0.717, 1.165) is 23.2 Å². The zero-order chi connectivity index (χ0) is 23.5. The van der Waals surface area contributed by atoms with Crippen LogP contribution in [0.25, 0.3) is 10.9 Å². The molecule has 0 saturated carbocycles. The van der Waals surface area contributed by atoms with E-state index in [1.807, 2.05) is 17.0 Å². The predicted octanol–water partition coefficient (Wildman–Crippen LogP) is 4.29. The number of nitrogens with zero attached hydrogens (tertiary/aromatic N) is 2. The van der Waals surface area contributed by atoms with Gasteiger partial charge in [0.15, 0.2) is 5.60 Å². The molecule has 0 aliphatic carbocycles. The number of ether oxygens (including phenoxy) is 1. The first-order chi connectivity index (χ1) is 15.7. The van der Waals surface area contributed by atoms with Crippen LogP contribution in [0, 0.1) is 0 Å². The number of rotatable bonds is 5. The molecule has 1 unspecified atom stereocenters. The van der Waals surface area contributed by atoms with Crippen molar-refractivity contribution in [3.05, 3.63) is 52.2 Å². The molecule has 33 heavy (non-hydrogen) atoms. The number of aromatic nitrogens is 1. The number of para-hydroxylation sites is 1. The van der Waals surface area contributed by atoms with Crippen LogP contribution in [0.15, 0.2) is 35.4 Å². The Kier molecular flexibility index (Phi) is 5.25. The lowest BCUT2D eigenvalue weighted by Crippen LogP contribution is -2.51. The summed E-state index contributed by atoms with van der Waals surface area (Å²) >= 11 is 0. The summed E-state index contributed by atoms with van der Waals surface area (Å²) in [6.07, 6.45) is 1.60. The Morgan fingerprint density at radius 1 is 1.24 bits per heavy atom. The topological polar surface area (TPSA) is 79.7 Å². The maximum absolute atomic E-state index is 13.5. The number of amides is 1. The van der Waals surface area contributed by atoms with E-state index in [2.05, 4.69) is 32.2 Å². The van der Waals surface area contributed by atoms with Crippen LogP contribution in [0.1, 0.15) is 49.6 Å². The monoisotopic (exact) mass is 464 g/mol. The van der Waals surface area contributed by atoms with Crippen LogP contribution in [0.5, 0.6) is 0 Å². The summed E-state index contributed by atoms with van der Waals surface area (Å²) in [4.78, 5) is 32.9. The first-order valence-electron chi connectivity index (χ1n) is 12.0. The molecule has 5 rings (SSSR count). The summed E-state index contributed by atoms with van der Waals surface area (Å²) in [7, 11) is -1.29. The zero-order valence-electron chi connectivity index (χ0n) is 19.9. The second-order valence-corrected chi connectivity index (χ2v) is 15.9. The molecular formula is C26H32N2O4Si. The van der Waals surface area contributed by atoms with Gasteiger partial charge in [-0.05, 0) is 42.0 Å². The maximum atomic E-state index is 13.5. The average molecular weight is 465 g/mol. The summed E-state index contributed by atoms with van der Waals surface area (Å²) < 4.78 is 5.22. The molecular weight excluding hydrogens is 432 g/mol. The smallest absolute Gasteiger partial charge is 0.342 e. The molecule has 174 valence electrons. The van der Waals surface area contributed by atoms with Crippen LogP contribution < -0.4 is 0 Å². The van der Waals surface area contributed by atoms with E-state index in [-0.39, 0.29) is 25.0 Å². The van der Waals surface area contributed by atoms with Crippen LogP contribution in [0.4, 0.5) is 0 Å². The van der Waals surface area contributed by atoms with Crippen molar-refractivity contribution in [3.63, 3.8) is 0 Å². The van der Waals surface area contributed by atoms with E-state index in [9.17, 15) is 14.7 Å². The van der Waals surface area contributed by atoms with Gasteiger partial charge in [-0.2, -0.15) is 0 Å². The third-order valence-corrected chi connectivity index (χ3v) is 11.7. The molecule has 3 aliphatic rings. The predicted molar refractivity (Wildman–Crippen MR) is 129 cm³/mol. The Labute approximate surface area is 195 Å². The number of cyclic esters (lactones) is 1. The van der Waals surface area contributed by atoms with E-state index in [1.165, 1.54) is 23.0 Å². The summed E-state index contributed by atoms with van der Waals surface area (Å²) in [6, 6.07) is 10.4. The van der Waals surface area contributed by atoms with E-state index in [1.54, 1.807) is 6.92 Å². The molecule has 7 heteroatoms. The van der Waals surface area contributed by atoms with Crippen LogP contribution in [0.2, 0.25) is 25.2 Å². The molecule has 2 aromatic rings. The van der Waals surface area contributed by atoms with Crippen molar-refractivity contribution in [2.45, 2.75) is 76.5 Å². The molecule has 0 fully saturated rings. The fourth-order valence-electron chi connectivity index (χ4n) is 5.49. The number of aliphatic hydroxyl groups is 1. The van der Waals surface area contributed by atoms with Crippen LogP contribution >= 0.6 is 0 Å². The molecule has 0 spiro atoms. The first kappa shape index (κ1) is 22.3. The van der Waals surface area contributed by atoms with Gasteiger partial charge in [0.1, 0.15) is 6.61 Å². The minimum atomic E-state index is -1.73. The van der Waals surface area contributed by atoms with Crippen molar-refractivity contribution in [2.75, 3.05) is 6.61 Å². The number of carbonyl (C=O) groups is 2. The number of carbonyl (C=O) groups excluding carboxylic acids is 2. The summed E-state index contributed by atoms with van der Waals surface area (Å²) in [6.45, 7) is 9.37. The third-order valence-electron chi connectivity index (χ3n) is 8.15. The molecule has 1 aromatic carbocycles. The van der Waals surface area contributed by atoms with Gasteiger partial charge in [0.05, 0.1) is 22.8 Å². The fourth-order valence-corrected chi connectivity index (χ4v) is 6.77. The van der Waals surface area contributed by atoms with Gasteiger partial charge < -0.3 is 14.7 Å². The lowest BCUT2D eigenvalue weighted by molar-refractivity contribution is -0.165. The second-order valence-electron chi connectivity index (χ2n) is 10.4. The Morgan fingerprint density at radius 2 is 2.00 bits per heavy atom. The van der Waals surface area contributed by atoms with Gasteiger partial charge in [0, 0.05) is 20.0 Å². The molecule has 0 radical (unpaired) electrons. The SMILES string of the molecule is CC[C@@]1(O)C(=O)OCC2=C1CC1c3nc4ccccc4c(CC[Si](C)(C)CC)c3CN1C2=O. The zero-order valence-corrected chi connectivity index (χ0v) is 20.9. The van der Waals surface area contributed by atoms with Crippen LogP contribution in [-0.4, -0.2) is 47.1 Å². The highest BCUT2D eigenvalue weighted by Gasteiger charge is 2.52. The molecule has 1 amide bonds. The number of esters is 1. The van der Waals surface area contributed by atoms with Gasteiger partial charge >= 0.3 is 5.97 Å². The molecule has 1 aromatic heterocycles. The number of aryl methyl sites for hydroxylation is 1. The molecule has 0 saturated heterocycles. The lowest BCUT2D eigenvalue weighted by atomic mass is 9.79. The molecule has 0 bridgehead atoms. The van der Waals surface area contributed by atoms with Crippen LogP contribution in [-0.2, 0) is 27.3 Å². The van der Waals surface area contributed by atoms with Gasteiger partial charge in [-0.25, -0.2) is 4.79 Å². The van der Waals surface area contributed by atoms with E-state index < -0.39 is 19.6 Å². The van der Waals surface area contributed by atoms with Gasteiger partial charge in [-0.3, -0.25) is 9.78 Å². The Hall–Kier alpha value is -2.51. The van der Waals surface area contributed by atoms with Crippen molar-refractivity contribution in [1.29, 1.82) is 0 Å². The Balaban J connectivity index is 1.62. The lowest BCUT2D eigenvalue weighted by Gasteiger charge is -2.41. The summed E-state index contributed by atoms with van der Waals surface area (Å²) in [5, 5.41) is 12.3. The van der Waals surface area contributed by atoms with Gasteiger partial charge in [-0.15, -0.1) is 0 Å². The molecule has 6 nitrogen and oxygen atoms in total. The minimum Gasteiger partial charge on any atom is -0.458 e. The van der Waals surface area contributed by atoms with Gasteiger partial charge in [0.2, 0.25) is 0 Å². The van der Waals surface area contributed by atoms with Crippen molar-refractivity contribution in [3.8, 4) is 0 Å². The van der Waals surface area contributed by atoms with Crippen LogP contribution in [0.3, 0.4) is 0 Å². The number of pyridine rings is 1. The molecule has 1 N–H and O–H groups in total. The van der Waals surface area contributed by atoms with Crippen molar-refractivity contribution in [1.82, 2.24) is 9.88 Å². The minimum absolute atomic E-state index is 0.0621. The van der Waals surface area contributed by atoms with Gasteiger partial charge in [0.25, 0.3) is 5.91 Å². The third kappa shape index (κ3) is 3.36. The van der Waals surface area contributed by atoms with E-state index in [4.69, 9.17) is 9.72 Å². The summed E-state index contributed by atoms with van der Waals surface area (Å²) in [5.41, 5.74) is 3.57. The Morgan fingerprint density at radius 3 is 2.73 bits per heavy atom. The highest BCUT2D eigenvalue weighted by molar-refractivity contribution is 6.77. The highest BCUT2D eigenvalue weighted by Crippen LogP contribution is 2.48. The summed E-state index contributed by atoms with van der Waals surface area (Å²) in [5.74, 6) is -0.793. The number of hydrogen-bond donors (Lipinski definition) is 1. The largest absolute Gasteiger partial charge is 0.458 e. The van der Waals surface area contributed by atoms with Crippen molar-refractivity contribution < 1.29 is 19.4 Å². The van der Waals surface area contributed by atoms with Gasteiger partial charge in [-0.1, -0.05) is 57.2 Å². The fraction of sp³-hybridized carbons (Fsp3) is 0.500. The second kappa shape index (κ2) is 7.77. The van der Waals surface area contributed by atoms with E-state index >= 15 is 0 Å². The number of hydrogen-bond acceptors (Lipinski definition) is 5. The standard InChI is InChI=1S/C26H32N2O4Si/c1-5-26(31)20-13-22-23-18(14-28(22)24(29)19(20)15-32-25(26)30)16(11-12-33(3,4)6-2)17-9-7-8-10-21(17)27-23/h7-10,22,31H,5-6,11-15H2,1-4H3/t22?,26-/m0/s1. The maximum Gasteiger partial charge on any atom is 0.342 e. The number of benzene rings is 1. The number of fused-ring (bicyclic) bond motifs is 4. The highest BCUT2D eigenvalue weighted by atomic mass is 28.3. The average Bonchev–Trinajstić information content (AvgIpc) is 3.18. The first-order valence-corrected chi connectivity index (χ1v) is 15.4. The Bertz CT molecular complexity index is 1200. The van der Waals surface area contributed by atoms with Crippen molar-refractivity contribution in [2.24, 2.45) is 0 Å². The quantitative estimate of drug-likeness (QED) is 0.528. The molecule has 2 atom stereocenters. The molecule has 4 heterocycles. The molecule has 3 aliphatic heterocycles.